The van der Waals surface area contributed by atoms with Gasteiger partial charge in [0.2, 0.25) is 0 Å². The summed E-state index contributed by atoms with van der Waals surface area (Å²) in [4.78, 5) is 0. The fourth-order valence-electron chi connectivity index (χ4n) is 3.54. The summed E-state index contributed by atoms with van der Waals surface area (Å²) in [6.07, 6.45) is 5.97. The molecule has 0 heterocycles. The van der Waals surface area contributed by atoms with Gasteiger partial charge < -0.3 is 10.5 Å². The summed E-state index contributed by atoms with van der Waals surface area (Å²) in [5, 5.41) is 0. The summed E-state index contributed by atoms with van der Waals surface area (Å²) in [6, 6.07) is 10.8. The van der Waals surface area contributed by atoms with Crippen LogP contribution in [-0.4, -0.2) is 19.3 Å². The second-order valence-corrected chi connectivity index (χ2v) is 6.00. The topological polar surface area (TPSA) is 35.2 Å². The van der Waals surface area contributed by atoms with Gasteiger partial charge >= 0.3 is 0 Å². The minimum Gasteiger partial charge on any atom is -0.385 e. The lowest BCUT2D eigenvalue weighted by atomic mass is 9.64. The molecule has 1 aliphatic rings. The molecule has 1 fully saturated rings. The molecule has 0 saturated heterocycles. The van der Waals surface area contributed by atoms with Crippen LogP contribution in [0.2, 0.25) is 0 Å². The van der Waals surface area contributed by atoms with Crippen LogP contribution in [0.4, 0.5) is 0 Å². The van der Waals surface area contributed by atoms with E-state index in [0.29, 0.717) is 11.8 Å². The van der Waals surface area contributed by atoms with Crippen molar-refractivity contribution in [2.75, 3.05) is 13.7 Å². The van der Waals surface area contributed by atoms with Crippen LogP contribution in [0.3, 0.4) is 0 Å². The molecule has 1 aromatic rings. The van der Waals surface area contributed by atoms with Gasteiger partial charge in [0.25, 0.3) is 0 Å². The predicted octanol–water partition coefficient (Wildman–Crippen LogP) is 3.71. The first-order chi connectivity index (χ1) is 9.18. The fraction of sp³-hybridized carbons (Fsp3) is 0.647. The van der Waals surface area contributed by atoms with Gasteiger partial charge in [-0.15, -0.1) is 0 Å². The van der Waals surface area contributed by atoms with E-state index in [9.17, 15) is 0 Å². The Morgan fingerprint density at radius 3 is 2.74 bits per heavy atom. The maximum absolute atomic E-state index is 6.86. The van der Waals surface area contributed by atoms with E-state index < -0.39 is 0 Å². The van der Waals surface area contributed by atoms with E-state index >= 15 is 0 Å². The van der Waals surface area contributed by atoms with Crippen molar-refractivity contribution >= 4 is 0 Å². The third kappa shape index (κ3) is 3.18. The van der Waals surface area contributed by atoms with Gasteiger partial charge in [0.1, 0.15) is 0 Å². The minimum absolute atomic E-state index is 0.0713. The van der Waals surface area contributed by atoms with Crippen LogP contribution in [0.15, 0.2) is 30.3 Å². The first kappa shape index (κ1) is 14.5. The van der Waals surface area contributed by atoms with Gasteiger partial charge in [0, 0.05) is 25.2 Å². The SMILES string of the molecule is COCCC(C)C1(N)CCCCC1c1ccccc1. The number of methoxy groups -OCH3 is 1. The molecule has 3 atom stereocenters. The molecule has 0 bridgehead atoms. The van der Waals surface area contributed by atoms with Crippen molar-refractivity contribution in [2.24, 2.45) is 11.7 Å². The summed E-state index contributed by atoms with van der Waals surface area (Å²) in [7, 11) is 1.77. The van der Waals surface area contributed by atoms with Crippen LogP contribution in [0.25, 0.3) is 0 Å². The maximum atomic E-state index is 6.86. The molecular formula is C17H27NO. The Morgan fingerprint density at radius 1 is 1.32 bits per heavy atom. The van der Waals surface area contributed by atoms with Crippen LogP contribution < -0.4 is 5.73 Å². The summed E-state index contributed by atoms with van der Waals surface area (Å²) in [6.45, 7) is 3.10. The molecule has 3 unspecified atom stereocenters. The van der Waals surface area contributed by atoms with Crippen molar-refractivity contribution < 1.29 is 4.74 Å². The first-order valence-corrected chi connectivity index (χ1v) is 7.51. The second-order valence-electron chi connectivity index (χ2n) is 6.00. The summed E-state index contributed by atoms with van der Waals surface area (Å²) < 4.78 is 5.23. The number of ether oxygens (including phenoxy) is 1. The molecule has 1 saturated carbocycles. The van der Waals surface area contributed by atoms with E-state index in [1.54, 1.807) is 7.11 Å². The van der Waals surface area contributed by atoms with Gasteiger partial charge in [-0.1, -0.05) is 50.1 Å². The Hall–Kier alpha value is -0.860. The molecular weight excluding hydrogens is 234 g/mol. The molecule has 2 N–H and O–H groups in total. The lowest BCUT2D eigenvalue weighted by molar-refractivity contribution is 0.121. The van der Waals surface area contributed by atoms with Crippen molar-refractivity contribution in [1.29, 1.82) is 0 Å². The van der Waals surface area contributed by atoms with Crippen molar-refractivity contribution in [3.63, 3.8) is 0 Å². The zero-order valence-electron chi connectivity index (χ0n) is 12.3. The number of rotatable bonds is 5. The Kier molecular flexibility index (Phi) is 5.00. The van der Waals surface area contributed by atoms with E-state index in [0.717, 1.165) is 19.4 Å². The van der Waals surface area contributed by atoms with E-state index in [1.807, 2.05) is 0 Å². The van der Waals surface area contributed by atoms with E-state index in [4.69, 9.17) is 10.5 Å². The molecule has 0 spiro atoms. The molecule has 2 heteroatoms. The summed E-state index contributed by atoms with van der Waals surface area (Å²) >= 11 is 0. The van der Waals surface area contributed by atoms with Crippen LogP contribution in [0, 0.1) is 5.92 Å². The molecule has 1 aliphatic carbocycles. The largest absolute Gasteiger partial charge is 0.385 e. The molecule has 0 aromatic heterocycles. The Labute approximate surface area is 117 Å². The predicted molar refractivity (Wildman–Crippen MR) is 80.2 cm³/mol. The summed E-state index contributed by atoms with van der Waals surface area (Å²) in [5.74, 6) is 0.993. The highest BCUT2D eigenvalue weighted by Crippen LogP contribution is 2.44. The van der Waals surface area contributed by atoms with E-state index in [2.05, 4.69) is 37.3 Å². The van der Waals surface area contributed by atoms with Crippen LogP contribution >= 0.6 is 0 Å². The highest BCUT2D eigenvalue weighted by atomic mass is 16.5. The average molecular weight is 261 g/mol. The maximum Gasteiger partial charge on any atom is 0.0465 e. The zero-order valence-corrected chi connectivity index (χ0v) is 12.3. The highest BCUT2D eigenvalue weighted by molar-refractivity contribution is 5.25. The van der Waals surface area contributed by atoms with E-state index in [-0.39, 0.29) is 5.54 Å². The van der Waals surface area contributed by atoms with Gasteiger partial charge in [0.05, 0.1) is 0 Å². The van der Waals surface area contributed by atoms with Crippen molar-refractivity contribution in [1.82, 2.24) is 0 Å². The monoisotopic (exact) mass is 261 g/mol. The highest BCUT2D eigenvalue weighted by Gasteiger charge is 2.41. The Bertz CT molecular complexity index is 378. The van der Waals surface area contributed by atoms with Crippen LogP contribution in [0.5, 0.6) is 0 Å². The van der Waals surface area contributed by atoms with Crippen molar-refractivity contribution in [3.05, 3.63) is 35.9 Å². The minimum atomic E-state index is -0.0713. The first-order valence-electron chi connectivity index (χ1n) is 7.51. The van der Waals surface area contributed by atoms with E-state index in [1.165, 1.54) is 24.8 Å². The molecule has 2 nitrogen and oxygen atoms in total. The zero-order chi connectivity index (χ0) is 13.7. The molecule has 0 aliphatic heterocycles. The van der Waals surface area contributed by atoms with Gasteiger partial charge in [-0.3, -0.25) is 0 Å². The van der Waals surface area contributed by atoms with Crippen LogP contribution in [-0.2, 0) is 4.74 Å². The molecule has 106 valence electrons. The lowest BCUT2D eigenvalue weighted by Crippen LogP contribution is -2.53. The molecule has 0 amide bonds. The number of hydrogen-bond donors (Lipinski definition) is 1. The standard InChI is InChI=1S/C17H27NO/c1-14(11-13-19-2)17(18)12-7-6-10-16(17)15-8-4-3-5-9-15/h3-5,8-9,14,16H,6-7,10-13,18H2,1-2H3. The average Bonchev–Trinajstić information content (AvgIpc) is 2.46. The number of nitrogens with two attached hydrogens (primary N) is 1. The Morgan fingerprint density at radius 2 is 2.05 bits per heavy atom. The number of hydrogen-bond acceptors (Lipinski definition) is 2. The van der Waals surface area contributed by atoms with Gasteiger partial charge in [-0.05, 0) is 30.7 Å². The third-order valence-electron chi connectivity index (χ3n) is 4.88. The van der Waals surface area contributed by atoms with Gasteiger partial charge in [-0.2, -0.15) is 0 Å². The Balaban J connectivity index is 2.19. The molecule has 2 rings (SSSR count). The summed E-state index contributed by atoms with van der Waals surface area (Å²) in [5.41, 5.74) is 8.20. The quantitative estimate of drug-likeness (QED) is 0.877. The van der Waals surface area contributed by atoms with Gasteiger partial charge in [0.15, 0.2) is 0 Å². The second kappa shape index (κ2) is 6.53. The van der Waals surface area contributed by atoms with Gasteiger partial charge in [-0.25, -0.2) is 0 Å². The van der Waals surface area contributed by atoms with Crippen molar-refractivity contribution in [3.8, 4) is 0 Å². The molecule has 19 heavy (non-hydrogen) atoms. The molecule has 0 radical (unpaired) electrons. The fourth-order valence-corrected chi connectivity index (χ4v) is 3.54. The number of benzene rings is 1. The third-order valence-corrected chi connectivity index (χ3v) is 4.88. The lowest BCUT2D eigenvalue weighted by Gasteiger charge is -2.46. The normalized spacial score (nSPS) is 29.1. The van der Waals surface area contributed by atoms with Crippen LogP contribution in [0.1, 0.15) is 50.5 Å². The molecule has 1 aromatic carbocycles. The van der Waals surface area contributed by atoms with Crippen molar-refractivity contribution in [2.45, 2.75) is 50.5 Å². The smallest absolute Gasteiger partial charge is 0.0465 e.